The van der Waals surface area contributed by atoms with Crippen LogP contribution in [0.15, 0.2) is 23.6 Å². The number of cyclic esters (lactones) is 1. The molecule has 0 radical (unpaired) electrons. The van der Waals surface area contributed by atoms with Crippen molar-refractivity contribution in [2.45, 2.75) is 19.0 Å². The summed E-state index contributed by atoms with van der Waals surface area (Å²) >= 11 is 0. The molecule has 4 heteroatoms. The van der Waals surface area contributed by atoms with Gasteiger partial charge in [0, 0.05) is 12.3 Å². The fourth-order valence-corrected chi connectivity index (χ4v) is 2.64. The fraction of sp³-hybridized carbons (Fsp3) is 0.545. The third kappa shape index (κ3) is 1.10. The highest BCUT2D eigenvalue weighted by molar-refractivity contribution is 5.87. The van der Waals surface area contributed by atoms with E-state index < -0.39 is 17.4 Å². The molecule has 2 aliphatic carbocycles. The number of carbonyl (C=O) groups excluding carboxylic acids is 1. The van der Waals surface area contributed by atoms with Gasteiger partial charge in [-0.15, -0.1) is 0 Å². The maximum Gasteiger partial charge on any atom is 0.316 e. The number of hydrogen-bond acceptors (Lipinski definition) is 2. The van der Waals surface area contributed by atoms with Crippen LogP contribution < -0.4 is 0 Å². The van der Waals surface area contributed by atoms with E-state index in [1.54, 1.807) is 0 Å². The number of rotatable bonds is 1. The van der Waals surface area contributed by atoms with Gasteiger partial charge in [-0.1, -0.05) is 0 Å². The summed E-state index contributed by atoms with van der Waals surface area (Å²) in [5, 5.41) is 0. The number of allylic oxidation sites excluding steroid dienone is 3. The molecule has 1 saturated heterocycles. The molecule has 0 N–H and O–H groups in total. The Labute approximate surface area is 85.6 Å². The second kappa shape index (κ2) is 2.68. The van der Waals surface area contributed by atoms with Crippen molar-refractivity contribution in [3.8, 4) is 0 Å². The first-order chi connectivity index (χ1) is 7.13. The molecule has 0 amide bonds. The van der Waals surface area contributed by atoms with E-state index in [0.717, 1.165) is 6.08 Å². The van der Waals surface area contributed by atoms with Gasteiger partial charge in [0.25, 0.3) is 0 Å². The highest BCUT2D eigenvalue weighted by Crippen LogP contribution is 2.63. The van der Waals surface area contributed by atoms with Crippen LogP contribution in [0, 0.1) is 11.3 Å². The standard InChI is InChI=1S/C11H10F2O2/c12-8-1-6(2-9(13)3-8)11-4-7(11)5-15-10(11)14/h1,3,7,9H,2,4-5H2/t7-,9?,11+/m0/s1. The highest BCUT2D eigenvalue weighted by atomic mass is 19.1. The molecule has 0 spiro atoms. The maximum atomic E-state index is 13.1. The number of ether oxygens (including phenoxy) is 1. The number of fused-ring (bicyclic) bond motifs is 1. The van der Waals surface area contributed by atoms with Crippen LogP contribution >= 0.6 is 0 Å². The first-order valence-corrected chi connectivity index (χ1v) is 5.02. The van der Waals surface area contributed by atoms with Gasteiger partial charge in [-0.2, -0.15) is 0 Å². The van der Waals surface area contributed by atoms with Crippen molar-refractivity contribution < 1.29 is 18.3 Å². The summed E-state index contributed by atoms with van der Waals surface area (Å²) in [5.74, 6) is -0.738. The van der Waals surface area contributed by atoms with Crippen LogP contribution in [-0.2, 0) is 9.53 Å². The molecule has 3 atom stereocenters. The molecular formula is C11H10F2O2. The molecule has 1 aliphatic heterocycles. The monoisotopic (exact) mass is 212 g/mol. The van der Waals surface area contributed by atoms with Gasteiger partial charge in [0.05, 0.1) is 12.0 Å². The van der Waals surface area contributed by atoms with Crippen LogP contribution in [0.25, 0.3) is 0 Å². The highest BCUT2D eigenvalue weighted by Gasteiger charge is 2.67. The molecule has 2 nitrogen and oxygen atoms in total. The van der Waals surface area contributed by atoms with Crippen molar-refractivity contribution >= 4 is 5.97 Å². The lowest BCUT2D eigenvalue weighted by Crippen LogP contribution is -2.20. The molecule has 3 aliphatic rings. The Kier molecular flexibility index (Phi) is 1.62. The normalized spacial score (nSPS) is 42.9. The average molecular weight is 212 g/mol. The van der Waals surface area contributed by atoms with Gasteiger partial charge in [0.15, 0.2) is 0 Å². The zero-order valence-corrected chi connectivity index (χ0v) is 8.00. The molecule has 0 aromatic rings. The van der Waals surface area contributed by atoms with Crippen molar-refractivity contribution in [1.82, 2.24) is 0 Å². The van der Waals surface area contributed by atoms with Crippen molar-refractivity contribution in [3.05, 3.63) is 23.6 Å². The van der Waals surface area contributed by atoms with Gasteiger partial charge < -0.3 is 4.74 Å². The largest absolute Gasteiger partial charge is 0.465 e. The van der Waals surface area contributed by atoms with Crippen molar-refractivity contribution in [1.29, 1.82) is 0 Å². The van der Waals surface area contributed by atoms with Gasteiger partial charge in [-0.3, -0.25) is 4.79 Å². The summed E-state index contributed by atoms with van der Waals surface area (Å²) in [6.07, 6.45) is 1.74. The molecule has 0 aromatic carbocycles. The van der Waals surface area contributed by atoms with Crippen LogP contribution in [0.4, 0.5) is 8.78 Å². The first kappa shape index (κ1) is 9.07. The van der Waals surface area contributed by atoms with Crippen molar-refractivity contribution in [2.75, 3.05) is 6.61 Å². The van der Waals surface area contributed by atoms with Crippen LogP contribution in [0.1, 0.15) is 12.8 Å². The van der Waals surface area contributed by atoms with Gasteiger partial charge in [-0.25, -0.2) is 8.78 Å². The van der Waals surface area contributed by atoms with E-state index >= 15 is 0 Å². The van der Waals surface area contributed by atoms with Gasteiger partial charge in [-0.05, 0) is 24.1 Å². The van der Waals surface area contributed by atoms with E-state index in [0.29, 0.717) is 18.6 Å². The Morgan fingerprint density at radius 3 is 2.87 bits per heavy atom. The number of esters is 1. The van der Waals surface area contributed by atoms with E-state index in [-0.39, 0.29) is 18.3 Å². The molecule has 2 fully saturated rings. The molecular weight excluding hydrogens is 202 g/mol. The summed E-state index contributed by atoms with van der Waals surface area (Å²) < 4.78 is 31.1. The summed E-state index contributed by atoms with van der Waals surface area (Å²) in [4.78, 5) is 11.5. The van der Waals surface area contributed by atoms with E-state index in [9.17, 15) is 13.6 Å². The van der Waals surface area contributed by atoms with Gasteiger partial charge >= 0.3 is 5.97 Å². The fourth-order valence-electron chi connectivity index (χ4n) is 2.64. The SMILES string of the molecule is O=C1OC[C@@H]2C[C@]12C1=CC(F)=CC(F)C1. The Balaban J connectivity index is 1.96. The van der Waals surface area contributed by atoms with Crippen LogP contribution in [0.5, 0.6) is 0 Å². The van der Waals surface area contributed by atoms with E-state index in [1.807, 2.05) is 0 Å². The summed E-state index contributed by atoms with van der Waals surface area (Å²) in [5.41, 5.74) is -0.0989. The smallest absolute Gasteiger partial charge is 0.316 e. The number of carbonyl (C=O) groups is 1. The second-order valence-electron chi connectivity index (χ2n) is 4.41. The third-order valence-corrected chi connectivity index (χ3v) is 3.53. The number of alkyl halides is 1. The summed E-state index contributed by atoms with van der Waals surface area (Å²) in [7, 11) is 0. The molecule has 1 saturated carbocycles. The topological polar surface area (TPSA) is 26.3 Å². The van der Waals surface area contributed by atoms with Crippen LogP contribution in [0.3, 0.4) is 0 Å². The molecule has 80 valence electrons. The van der Waals surface area contributed by atoms with E-state index in [4.69, 9.17) is 4.74 Å². The first-order valence-electron chi connectivity index (χ1n) is 5.02. The summed E-state index contributed by atoms with van der Waals surface area (Å²) in [6, 6.07) is 0. The molecule has 0 bridgehead atoms. The van der Waals surface area contributed by atoms with E-state index in [2.05, 4.69) is 0 Å². The zero-order valence-electron chi connectivity index (χ0n) is 8.00. The van der Waals surface area contributed by atoms with Crippen LogP contribution in [0.2, 0.25) is 0 Å². The summed E-state index contributed by atoms with van der Waals surface area (Å²) in [6.45, 7) is 0.401. The lowest BCUT2D eigenvalue weighted by atomic mass is 9.87. The van der Waals surface area contributed by atoms with Crippen molar-refractivity contribution in [2.24, 2.45) is 11.3 Å². The minimum atomic E-state index is -1.31. The zero-order chi connectivity index (χ0) is 10.6. The van der Waals surface area contributed by atoms with Crippen LogP contribution in [-0.4, -0.2) is 18.7 Å². The predicted octanol–water partition coefficient (Wildman–Crippen LogP) is 2.07. The lowest BCUT2D eigenvalue weighted by Gasteiger charge is -2.18. The molecule has 15 heavy (non-hydrogen) atoms. The Morgan fingerprint density at radius 1 is 1.53 bits per heavy atom. The van der Waals surface area contributed by atoms with Gasteiger partial charge in [0.2, 0.25) is 0 Å². The van der Waals surface area contributed by atoms with E-state index in [1.165, 1.54) is 6.08 Å². The molecule has 3 rings (SSSR count). The van der Waals surface area contributed by atoms with Crippen molar-refractivity contribution in [3.63, 3.8) is 0 Å². The maximum absolute atomic E-state index is 13.1. The minimum Gasteiger partial charge on any atom is -0.465 e. The number of hydrogen-bond donors (Lipinski definition) is 0. The molecule has 1 heterocycles. The predicted molar refractivity (Wildman–Crippen MR) is 48.3 cm³/mol. The Hall–Kier alpha value is -1.19. The van der Waals surface area contributed by atoms with Gasteiger partial charge in [0.1, 0.15) is 12.0 Å². The molecule has 1 unspecified atom stereocenters. The lowest BCUT2D eigenvalue weighted by molar-refractivity contribution is -0.143. The minimum absolute atomic E-state index is 0.124. The quantitative estimate of drug-likeness (QED) is 0.622. The Morgan fingerprint density at radius 2 is 2.33 bits per heavy atom. The average Bonchev–Trinajstić information content (AvgIpc) is 2.81. The third-order valence-electron chi connectivity index (χ3n) is 3.53. The second-order valence-corrected chi connectivity index (χ2v) is 4.41. The number of halogens is 2. The molecule has 0 aromatic heterocycles. The Bertz CT molecular complexity index is 399.